The van der Waals surface area contributed by atoms with Crippen molar-refractivity contribution in [1.82, 2.24) is 0 Å². The molecular weight excluding hydrogens is 250 g/mol. The van der Waals surface area contributed by atoms with Gasteiger partial charge in [0.05, 0.1) is 0 Å². The van der Waals surface area contributed by atoms with Crippen molar-refractivity contribution in [3.63, 3.8) is 0 Å². The number of hydrogen-bond donors (Lipinski definition) is 1. The van der Waals surface area contributed by atoms with E-state index in [4.69, 9.17) is 5.73 Å². The van der Waals surface area contributed by atoms with Gasteiger partial charge in [0, 0.05) is 4.47 Å². The molecule has 0 saturated carbocycles. The van der Waals surface area contributed by atoms with Crippen molar-refractivity contribution in [1.29, 1.82) is 0 Å². The molecule has 0 saturated heterocycles. The summed E-state index contributed by atoms with van der Waals surface area (Å²) < 4.78 is 1.29. The molecule has 1 aromatic rings. The highest BCUT2D eigenvalue weighted by Crippen LogP contribution is 2.32. The minimum Gasteiger partial charge on any atom is -0.330 e. The quantitative estimate of drug-likeness (QED) is 0.894. The molecule has 0 aliphatic heterocycles. The van der Waals surface area contributed by atoms with Crippen molar-refractivity contribution in [3.8, 4) is 0 Å². The molecule has 2 N–H and O–H groups in total. The number of halogens is 1. The number of rotatable bonds is 3. The van der Waals surface area contributed by atoms with Crippen LogP contribution in [0.1, 0.15) is 30.4 Å². The Balaban J connectivity index is 2.08. The monoisotopic (exact) mass is 267 g/mol. The number of aryl methyl sites for hydroxylation is 1. The van der Waals surface area contributed by atoms with Crippen LogP contribution in [0.25, 0.3) is 0 Å². The van der Waals surface area contributed by atoms with E-state index in [2.05, 4.69) is 34.1 Å². The molecule has 1 unspecified atom stereocenters. The van der Waals surface area contributed by atoms with Gasteiger partial charge in [-0.3, -0.25) is 0 Å². The zero-order chi connectivity index (χ0) is 10.7. The smallest absolute Gasteiger partial charge is 0.0210 e. The van der Waals surface area contributed by atoms with E-state index in [1.807, 2.05) is 0 Å². The number of fused-ring (bicyclic) bond motifs is 1. The van der Waals surface area contributed by atoms with Crippen molar-refractivity contribution in [2.24, 2.45) is 11.7 Å². The standard InChI is InChI=1S/C13H18BrN/c14-13-5-1-4-11-7-6-10(3-2-8-15)9-12(11)13/h1,4-5,10H,2-3,6-9,15H2. The van der Waals surface area contributed by atoms with Crippen LogP contribution in [0.4, 0.5) is 0 Å². The maximum absolute atomic E-state index is 5.56. The molecule has 0 heterocycles. The van der Waals surface area contributed by atoms with Crippen LogP contribution in [-0.4, -0.2) is 6.54 Å². The maximum atomic E-state index is 5.56. The third kappa shape index (κ3) is 2.61. The molecule has 15 heavy (non-hydrogen) atoms. The SMILES string of the molecule is NCCCC1CCc2cccc(Br)c2C1. The zero-order valence-electron chi connectivity index (χ0n) is 9.01. The van der Waals surface area contributed by atoms with E-state index >= 15 is 0 Å². The van der Waals surface area contributed by atoms with Crippen molar-refractivity contribution in [2.45, 2.75) is 32.1 Å². The van der Waals surface area contributed by atoms with Gasteiger partial charge in [0.15, 0.2) is 0 Å². The lowest BCUT2D eigenvalue weighted by Gasteiger charge is -2.25. The summed E-state index contributed by atoms with van der Waals surface area (Å²) in [6.45, 7) is 0.833. The average Bonchev–Trinajstić information content (AvgIpc) is 2.27. The Morgan fingerprint density at radius 3 is 3.07 bits per heavy atom. The van der Waals surface area contributed by atoms with Crippen LogP contribution in [0, 0.1) is 5.92 Å². The molecule has 0 amide bonds. The molecule has 1 nitrogen and oxygen atoms in total. The Labute approximate surface area is 100 Å². The van der Waals surface area contributed by atoms with Crippen LogP contribution in [-0.2, 0) is 12.8 Å². The minimum absolute atomic E-state index is 0.833. The van der Waals surface area contributed by atoms with Gasteiger partial charge >= 0.3 is 0 Å². The predicted octanol–water partition coefficient (Wildman–Crippen LogP) is 3.29. The summed E-state index contributed by atoms with van der Waals surface area (Å²) >= 11 is 3.65. The van der Waals surface area contributed by atoms with Crippen LogP contribution < -0.4 is 5.73 Å². The van der Waals surface area contributed by atoms with Gasteiger partial charge in [-0.05, 0) is 61.8 Å². The lowest BCUT2D eigenvalue weighted by Crippen LogP contribution is -2.16. The zero-order valence-corrected chi connectivity index (χ0v) is 10.6. The number of nitrogens with two attached hydrogens (primary N) is 1. The first-order valence-electron chi connectivity index (χ1n) is 5.77. The summed E-state index contributed by atoms with van der Waals surface area (Å²) in [4.78, 5) is 0. The normalized spacial score (nSPS) is 20.0. The topological polar surface area (TPSA) is 26.0 Å². The highest BCUT2D eigenvalue weighted by molar-refractivity contribution is 9.10. The summed E-state index contributed by atoms with van der Waals surface area (Å²) in [7, 11) is 0. The van der Waals surface area contributed by atoms with E-state index in [0.29, 0.717) is 0 Å². The predicted molar refractivity (Wildman–Crippen MR) is 67.9 cm³/mol. The lowest BCUT2D eigenvalue weighted by molar-refractivity contribution is 0.417. The third-order valence-electron chi connectivity index (χ3n) is 3.35. The van der Waals surface area contributed by atoms with Gasteiger partial charge in [-0.2, -0.15) is 0 Å². The van der Waals surface area contributed by atoms with Gasteiger partial charge in [0.25, 0.3) is 0 Å². The Morgan fingerprint density at radius 2 is 2.27 bits per heavy atom. The molecule has 1 aromatic carbocycles. The van der Waals surface area contributed by atoms with Crippen LogP contribution in [0.3, 0.4) is 0 Å². The van der Waals surface area contributed by atoms with E-state index in [1.54, 1.807) is 0 Å². The van der Waals surface area contributed by atoms with E-state index in [9.17, 15) is 0 Å². The van der Waals surface area contributed by atoms with Crippen molar-refractivity contribution < 1.29 is 0 Å². The largest absolute Gasteiger partial charge is 0.330 e. The minimum atomic E-state index is 0.833. The Kier molecular flexibility index (Phi) is 3.81. The van der Waals surface area contributed by atoms with E-state index in [-0.39, 0.29) is 0 Å². The van der Waals surface area contributed by atoms with Crippen LogP contribution in [0.2, 0.25) is 0 Å². The van der Waals surface area contributed by atoms with Crippen LogP contribution in [0.15, 0.2) is 22.7 Å². The summed E-state index contributed by atoms with van der Waals surface area (Å²) in [5.74, 6) is 0.847. The first kappa shape index (κ1) is 11.2. The molecule has 0 aromatic heterocycles. The second-order valence-corrected chi connectivity index (χ2v) is 5.27. The van der Waals surface area contributed by atoms with Gasteiger partial charge in [-0.15, -0.1) is 0 Å². The molecule has 1 aliphatic carbocycles. The van der Waals surface area contributed by atoms with E-state index in [1.165, 1.54) is 47.7 Å². The molecule has 82 valence electrons. The molecule has 0 bridgehead atoms. The highest BCUT2D eigenvalue weighted by atomic mass is 79.9. The van der Waals surface area contributed by atoms with Gasteiger partial charge in [0.1, 0.15) is 0 Å². The van der Waals surface area contributed by atoms with Gasteiger partial charge < -0.3 is 5.73 Å². The highest BCUT2D eigenvalue weighted by Gasteiger charge is 2.19. The summed E-state index contributed by atoms with van der Waals surface area (Å²) in [5, 5.41) is 0. The van der Waals surface area contributed by atoms with Crippen molar-refractivity contribution >= 4 is 15.9 Å². The third-order valence-corrected chi connectivity index (χ3v) is 4.09. The molecule has 0 spiro atoms. The summed E-state index contributed by atoms with van der Waals surface area (Å²) in [6, 6.07) is 6.56. The Bertz CT molecular complexity index is 335. The summed E-state index contributed by atoms with van der Waals surface area (Å²) in [6.07, 6.45) is 6.27. The first-order chi connectivity index (χ1) is 7.31. The average molecular weight is 268 g/mol. The fourth-order valence-corrected chi connectivity index (χ4v) is 3.04. The molecule has 0 radical (unpaired) electrons. The van der Waals surface area contributed by atoms with E-state index < -0.39 is 0 Å². The second-order valence-electron chi connectivity index (χ2n) is 4.42. The Morgan fingerprint density at radius 1 is 1.40 bits per heavy atom. The first-order valence-corrected chi connectivity index (χ1v) is 6.57. The molecule has 1 aliphatic rings. The molecule has 2 rings (SSSR count). The fourth-order valence-electron chi connectivity index (χ4n) is 2.47. The molecular formula is C13H18BrN. The van der Waals surface area contributed by atoms with Crippen LogP contribution >= 0.6 is 15.9 Å². The van der Waals surface area contributed by atoms with E-state index in [0.717, 1.165) is 12.5 Å². The number of hydrogen-bond acceptors (Lipinski definition) is 1. The maximum Gasteiger partial charge on any atom is 0.0210 e. The molecule has 2 heteroatoms. The lowest BCUT2D eigenvalue weighted by atomic mass is 9.82. The Hall–Kier alpha value is -0.340. The second kappa shape index (κ2) is 5.13. The van der Waals surface area contributed by atoms with Gasteiger partial charge in [0.2, 0.25) is 0 Å². The summed E-state index contributed by atoms with van der Waals surface area (Å²) in [5.41, 5.74) is 8.63. The van der Waals surface area contributed by atoms with Crippen molar-refractivity contribution in [2.75, 3.05) is 6.54 Å². The fraction of sp³-hybridized carbons (Fsp3) is 0.538. The van der Waals surface area contributed by atoms with Gasteiger partial charge in [-0.25, -0.2) is 0 Å². The molecule has 1 atom stereocenters. The van der Waals surface area contributed by atoms with Crippen LogP contribution in [0.5, 0.6) is 0 Å². The number of benzene rings is 1. The van der Waals surface area contributed by atoms with Crippen molar-refractivity contribution in [3.05, 3.63) is 33.8 Å². The van der Waals surface area contributed by atoms with Gasteiger partial charge in [-0.1, -0.05) is 28.1 Å². The molecule has 0 fully saturated rings.